The van der Waals surface area contributed by atoms with E-state index in [4.69, 9.17) is 5.11 Å². The van der Waals surface area contributed by atoms with E-state index in [1.807, 2.05) is 31.2 Å². The molecule has 5 heteroatoms. The molecule has 102 valence electrons. The Morgan fingerprint density at radius 3 is 2.85 bits per heavy atom. The van der Waals surface area contributed by atoms with Gasteiger partial charge in [0.15, 0.2) is 0 Å². The molecule has 0 aliphatic rings. The molecule has 20 heavy (non-hydrogen) atoms. The first-order valence-electron chi connectivity index (χ1n) is 6.42. The normalized spacial score (nSPS) is 10.2. The maximum absolute atomic E-state index is 11.1. The highest BCUT2D eigenvalue weighted by Crippen LogP contribution is 2.29. The Bertz CT molecular complexity index is 676. The number of hydrogen-bond acceptors (Lipinski definition) is 4. The quantitative estimate of drug-likeness (QED) is 0.901. The van der Waals surface area contributed by atoms with E-state index in [9.17, 15) is 10.1 Å². The standard InChI is InChI=1S/C15H15N3O2/c1-2-7-18(10-14(19)20)15-11(8-16)9-17-13-6-4-3-5-12(13)15/h3-6,9H,2,7,10H2,1H3,(H,19,20). The fourth-order valence-electron chi connectivity index (χ4n) is 2.25. The molecule has 1 heterocycles. The summed E-state index contributed by atoms with van der Waals surface area (Å²) >= 11 is 0. The van der Waals surface area contributed by atoms with Crippen molar-refractivity contribution in [1.29, 1.82) is 5.26 Å². The van der Waals surface area contributed by atoms with Gasteiger partial charge >= 0.3 is 5.97 Å². The van der Waals surface area contributed by atoms with Crippen LogP contribution in [0, 0.1) is 11.3 Å². The lowest BCUT2D eigenvalue weighted by atomic mass is 10.1. The Kier molecular flexibility index (Phi) is 4.16. The largest absolute Gasteiger partial charge is 0.480 e. The summed E-state index contributed by atoms with van der Waals surface area (Å²) in [5.74, 6) is -0.914. The van der Waals surface area contributed by atoms with Crippen molar-refractivity contribution < 1.29 is 9.90 Å². The van der Waals surface area contributed by atoms with Crippen LogP contribution in [0.3, 0.4) is 0 Å². The number of aliphatic carboxylic acids is 1. The number of carbonyl (C=O) groups is 1. The van der Waals surface area contributed by atoms with Gasteiger partial charge in [0, 0.05) is 18.1 Å². The molecule has 5 nitrogen and oxygen atoms in total. The summed E-state index contributed by atoms with van der Waals surface area (Å²) < 4.78 is 0. The first-order chi connectivity index (χ1) is 9.67. The Labute approximate surface area is 117 Å². The lowest BCUT2D eigenvalue weighted by Gasteiger charge is -2.24. The topological polar surface area (TPSA) is 77.2 Å². The smallest absolute Gasteiger partial charge is 0.323 e. The fraction of sp³-hybridized carbons (Fsp3) is 0.267. The number of anilines is 1. The van der Waals surface area contributed by atoms with Crippen LogP contribution in [0.25, 0.3) is 10.9 Å². The Morgan fingerprint density at radius 1 is 1.45 bits per heavy atom. The van der Waals surface area contributed by atoms with E-state index in [1.165, 1.54) is 6.20 Å². The van der Waals surface area contributed by atoms with Crippen molar-refractivity contribution in [2.45, 2.75) is 13.3 Å². The number of benzene rings is 1. The van der Waals surface area contributed by atoms with Gasteiger partial charge in [-0.1, -0.05) is 25.1 Å². The molecule has 0 saturated heterocycles. The van der Waals surface area contributed by atoms with Gasteiger partial charge < -0.3 is 10.0 Å². The molecule has 0 amide bonds. The van der Waals surface area contributed by atoms with E-state index in [0.717, 1.165) is 17.3 Å². The molecule has 0 aliphatic carbocycles. The predicted molar refractivity (Wildman–Crippen MR) is 76.6 cm³/mol. The first-order valence-corrected chi connectivity index (χ1v) is 6.42. The van der Waals surface area contributed by atoms with Gasteiger partial charge in [-0.3, -0.25) is 9.78 Å². The minimum Gasteiger partial charge on any atom is -0.480 e. The molecular formula is C15H15N3O2. The molecule has 1 aromatic carbocycles. The number of nitriles is 1. The van der Waals surface area contributed by atoms with Crippen molar-refractivity contribution in [2.75, 3.05) is 18.0 Å². The maximum atomic E-state index is 11.1. The number of carboxylic acids is 1. The Hall–Kier alpha value is -2.61. The van der Waals surface area contributed by atoms with E-state index in [2.05, 4.69) is 11.1 Å². The number of nitrogens with zero attached hydrogens (tertiary/aromatic N) is 3. The molecule has 0 bridgehead atoms. The predicted octanol–water partition coefficient (Wildman–Crippen LogP) is 2.41. The number of pyridine rings is 1. The van der Waals surface area contributed by atoms with Crippen molar-refractivity contribution in [3.05, 3.63) is 36.0 Å². The Morgan fingerprint density at radius 2 is 2.20 bits per heavy atom. The monoisotopic (exact) mass is 269 g/mol. The summed E-state index contributed by atoms with van der Waals surface area (Å²) in [5.41, 5.74) is 1.81. The Balaban J connectivity index is 2.64. The highest BCUT2D eigenvalue weighted by atomic mass is 16.4. The first kappa shape index (κ1) is 13.8. The molecule has 0 saturated carbocycles. The summed E-state index contributed by atoms with van der Waals surface area (Å²) in [4.78, 5) is 17.0. The average Bonchev–Trinajstić information content (AvgIpc) is 2.45. The summed E-state index contributed by atoms with van der Waals surface area (Å²) in [6, 6.07) is 9.55. The van der Waals surface area contributed by atoms with Crippen LogP contribution < -0.4 is 4.90 Å². The third-order valence-corrected chi connectivity index (χ3v) is 3.00. The molecule has 0 radical (unpaired) electrons. The highest BCUT2D eigenvalue weighted by Gasteiger charge is 2.17. The number of fused-ring (bicyclic) bond motifs is 1. The zero-order valence-corrected chi connectivity index (χ0v) is 11.2. The summed E-state index contributed by atoms with van der Waals surface area (Å²) in [7, 11) is 0. The van der Waals surface area contributed by atoms with Crippen LogP contribution in [0.1, 0.15) is 18.9 Å². The number of hydrogen-bond donors (Lipinski definition) is 1. The van der Waals surface area contributed by atoms with Gasteiger partial charge in [0.05, 0.1) is 16.8 Å². The van der Waals surface area contributed by atoms with Crippen molar-refractivity contribution in [2.24, 2.45) is 0 Å². The van der Waals surface area contributed by atoms with Gasteiger partial charge in [-0.15, -0.1) is 0 Å². The fourth-order valence-corrected chi connectivity index (χ4v) is 2.25. The number of para-hydroxylation sites is 1. The molecule has 0 spiro atoms. The summed E-state index contributed by atoms with van der Waals surface area (Å²) in [6.45, 7) is 2.43. The molecule has 1 aromatic heterocycles. The van der Waals surface area contributed by atoms with Crippen LogP contribution >= 0.6 is 0 Å². The number of rotatable bonds is 5. The van der Waals surface area contributed by atoms with Crippen LogP contribution in [0.4, 0.5) is 5.69 Å². The van der Waals surface area contributed by atoms with Gasteiger partial charge in [-0.05, 0) is 12.5 Å². The van der Waals surface area contributed by atoms with Crippen molar-refractivity contribution in [1.82, 2.24) is 4.98 Å². The molecule has 2 aromatic rings. The van der Waals surface area contributed by atoms with E-state index >= 15 is 0 Å². The molecular weight excluding hydrogens is 254 g/mol. The lowest BCUT2D eigenvalue weighted by molar-refractivity contribution is -0.135. The number of carboxylic acid groups (broad SMARTS) is 1. The zero-order chi connectivity index (χ0) is 14.5. The van der Waals surface area contributed by atoms with Crippen LogP contribution in [-0.4, -0.2) is 29.1 Å². The second-order valence-corrected chi connectivity index (χ2v) is 4.46. The average molecular weight is 269 g/mol. The summed E-state index contributed by atoms with van der Waals surface area (Å²) in [5, 5.41) is 19.1. The third kappa shape index (κ3) is 2.69. The molecule has 1 N–H and O–H groups in total. The van der Waals surface area contributed by atoms with Gasteiger partial charge in [0.2, 0.25) is 0 Å². The van der Waals surface area contributed by atoms with Crippen LogP contribution in [0.2, 0.25) is 0 Å². The van der Waals surface area contributed by atoms with Crippen molar-refractivity contribution in [3.8, 4) is 6.07 Å². The maximum Gasteiger partial charge on any atom is 0.323 e. The van der Waals surface area contributed by atoms with Gasteiger partial charge in [0.1, 0.15) is 12.6 Å². The lowest BCUT2D eigenvalue weighted by Crippen LogP contribution is -2.31. The molecule has 0 fully saturated rings. The third-order valence-electron chi connectivity index (χ3n) is 3.00. The van der Waals surface area contributed by atoms with Crippen LogP contribution in [-0.2, 0) is 4.79 Å². The van der Waals surface area contributed by atoms with Crippen molar-refractivity contribution in [3.63, 3.8) is 0 Å². The highest BCUT2D eigenvalue weighted by molar-refractivity contribution is 5.95. The SMILES string of the molecule is CCCN(CC(=O)O)c1c(C#N)cnc2ccccc12. The van der Waals surface area contributed by atoms with E-state index in [0.29, 0.717) is 17.8 Å². The van der Waals surface area contributed by atoms with E-state index in [1.54, 1.807) is 4.90 Å². The molecule has 0 aliphatic heterocycles. The second-order valence-electron chi connectivity index (χ2n) is 4.46. The van der Waals surface area contributed by atoms with E-state index < -0.39 is 5.97 Å². The second kappa shape index (κ2) is 6.02. The van der Waals surface area contributed by atoms with Gasteiger partial charge in [-0.25, -0.2) is 0 Å². The molecule has 0 unspecified atom stereocenters. The molecule has 2 rings (SSSR count). The van der Waals surface area contributed by atoms with Crippen LogP contribution in [0.5, 0.6) is 0 Å². The van der Waals surface area contributed by atoms with Gasteiger partial charge in [0.25, 0.3) is 0 Å². The molecule has 0 atom stereocenters. The summed E-state index contributed by atoms with van der Waals surface area (Å²) in [6.07, 6.45) is 2.30. The zero-order valence-electron chi connectivity index (χ0n) is 11.2. The minimum atomic E-state index is -0.914. The van der Waals surface area contributed by atoms with E-state index in [-0.39, 0.29) is 6.54 Å². The minimum absolute atomic E-state index is 0.128. The van der Waals surface area contributed by atoms with Crippen molar-refractivity contribution >= 4 is 22.6 Å². The number of aromatic nitrogens is 1. The van der Waals surface area contributed by atoms with Crippen LogP contribution in [0.15, 0.2) is 30.5 Å². The van der Waals surface area contributed by atoms with Gasteiger partial charge in [-0.2, -0.15) is 5.26 Å².